The first-order valence-electron chi connectivity index (χ1n) is 1.02. The monoisotopic (exact) mass is 132 g/mol. The van der Waals surface area contributed by atoms with E-state index >= 15 is 0 Å². The molecule has 0 aliphatic heterocycles. The Morgan fingerprint density at radius 3 is 2.43 bits per heavy atom. The van der Waals surface area contributed by atoms with Gasteiger partial charge in [0.1, 0.15) is 11.4 Å². The van der Waals surface area contributed by atoms with Gasteiger partial charge in [0, 0.05) is 0 Å². The van der Waals surface area contributed by atoms with Gasteiger partial charge in [-0.25, -0.2) is 4.21 Å². The summed E-state index contributed by atoms with van der Waals surface area (Å²) in [6.45, 7) is 0. The molecule has 1 atom stereocenters. The summed E-state index contributed by atoms with van der Waals surface area (Å²) in [5, 5.41) is 5.99. The third kappa shape index (κ3) is 10.8. The Morgan fingerprint density at radius 2 is 2.43 bits per heavy atom. The van der Waals surface area contributed by atoms with Crippen LogP contribution >= 0.6 is 0 Å². The van der Waals surface area contributed by atoms with Crippen molar-refractivity contribution >= 4 is 17.8 Å². The molecule has 38 valence electrons. The van der Waals surface area contributed by atoms with Crippen LogP contribution in [0.2, 0.25) is 0 Å². The zero-order valence-corrected chi connectivity index (χ0v) is 6.53. The molecule has 0 spiro atoms. The van der Waals surface area contributed by atoms with E-state index in [9.17, 15) is 8.76 Å². The van der Waals surface area contributed by atoms with Crippen molar-refractivity contribution in [2.24, 2.45) is 0 Å². The Bertz CT molecular complexity index is 79.7. The SMILES string of the molecule is N=COS(=O)[O-].[H-].[Na+]. The van der Waals surface area contributed by atoms with Crippen LogP contribution in [-0.2, 0) is 15.5 Å². The summed E-state index contributed by atoms with van der Waals surface area (Å²) < 4.78 is 22.0. The minimum absolute atomic E-state index is 0. The molecule has 0 radical (unpaired) electrons. The van der Waals surface area contributed by atoms with Crippen molar-refractivity contribution in [2.75, 3.05) is 0 Å². The van der Waals surface area contributed by atoms with Gasteiger partial charge in [-0.05, 0) is 0 Å². The molecule has 0 aliphatic rings. The molecule has 7 heavy (non-hydrogen) atoms. The van der Waals surface area contributed by atoms with E-state index in [2.05, 4.69) is 4.18 Å². The van der Waals surface area contributed by atoms with E-state index in [0.29, 0.717) is 6.40 Å². The molecule has 0 aliphatic carbocycles. The van der Waals surface area contributed by atoms with E-state index in [1.807, 2.05) is 0 Å². The summed E-state index contributed by atoms with van der Waals surface area (Å²) in [5.74, 6) is 0. The number of rotatable bonds is 2. The molecule has 0 aromatic heterocycles. The molecule has 1 N–H and O–H groups in total. The van der Waals surface area contributed by atoms with Gasteiger partial charge in [-0.2, -0.15) is 0 Å². The Labute approximate surface area is 67.0 Å². The summed E-state index contributed by atoms with van der Waals surface area (Å²) in [4.78, 5) is 0. The molecular weight excluding hydrogens is 129 g/mol. The topological polar surface area (TPSA) is 73.2 Å². The Kier molecular flexibility index (Phi) is 9.91. The van der Waals surface area contributed by atoms with E-state index in [-0.39, 0.29) is 31.0 Å². The van der Waals surface area contributed by atoms with Crippen molar-refractivity contribution < 1.29 is 43.9 Å². The molecule has 0 fully saturated rings. The standard InChI is InChI=1S/CH3NO3S.Na.H/c2-1-5-6(3)4;;/h1-2H,(H,3,4);;/q;+1;-1/p-1. The van der Waals surface area contributed by atoms with Crippen LogP contribution in [0.5, 0.6) is 0 Å². The van der Waals surface area contributed by atoms with Gasteiger partial charge in [-0.1, -0.05) is 0 Å². The smallest absolute Gasteiger partial charge is 1.00 e. The molecule has 0 heterocycles. The largest absolute Gasteiger partial charge is 1.00 e. The molecule has 0 bridgehead atoms. The van der Waals surface area contributed by atoms with E-state index in [4.69, 9.17) is 5.41 Å². The third-order valence-corrected chi connectivity index (χ3v) is 0.380. The van der Waals surface area contributed by atoms with Crippen LogP contribution in [0.15, 0.2) is 0 Å². The fourth-order valence-corrected chi connectivity index (χ4v) is 0.118. The average Bonchev–Trinajstić information content (AvgIpc) is 1.35. The maximum Gasteiger partial charge on any atom is 1.00 e. The molecule has 6 heteroatoms. The summed E-state index contributed by atoms with van der Waals surface area (Å²) in [5.41, 5.74) is 0. The normalized spacial score (nSPS) is 11.0. The van der Waals surface area contributed by atoms with Crippen LogP contribution in [-0.4, -0.2) is 15.2 Å². The summed E-state index contributed by atoms with van der Waals surface area (Å²) in [6, 6.07) is 0. The molecule has 0 saturated carbocycles. The van der Waals surface area contributed by atoms with Gasteiger partial charge in [0.15, 0.2) is 6.40 Å². The minimum Gasteiger partial charge on any atom is -1.00 e. The van der Waals surface area contributed by atoms with Crippen LogP contribution in [0.1, 0.15) is 1.43 Å². The first-order valence-corrected chi connectivity index (χ1v) is 2.02. The molecule has 0 aromatic rings. The first-order chi connectivity index (χ1) is 2.77. The molecular formula is CH3NNaO3S-. The van der Waals surface area contributed by atoms with Crippen molar-refractivity contribution in [3.8, 4) is 0 Å². The maximum atomic E-state index is 9.23. The molecule has 0 aromatic carbocycles. The van der Waals surface area contributed by atoms with Crippen LogP contribution in [0, 0.1) is 5.41 Å². The van der Waals surface area contributed by atoms with Crippen LogP contribution in [0.25, 0.3) is 0 Å². The number of hydrogen-bond acceptors (Lipinski definition) is 4. The fourth-order valence-electron chi connectivity index (χ4n) is 0.0393. The van der Waals surface area contributed by atoms with Crippen LogP contribution < -0.4 is 29.6 Å². The Hall–Kier alpha value is 0.580. The predicted octanol–water partition coefficient (Wildman–Crippen LogP) is -3.48. The summed E-state index contributed by atoms with van der Waals surface area (Å²) in [6.07, 6.45) is 0.336. The summed E-state index contributed by atoms with van der Waals surface area (Å²) in [7, 11) is 0. The van der Waals surface area contributed by atoms with E-state index in [0.717, 1.165) is 0 Å². The number of hydrogen-bond donors (Lipinski definition) is 1. The Morgan fingerprint density at radius 1 is 2.00 bits per heavy atom. The van der Waals surface area contributed by atoms with Gasteiger partial charge in [-0.3, -0.25) is 5.41 Å². The van der Waals surface area contributed by atoms with Gasteiger partial charge in [0.25, 0.3) is 0 Å². The van der Waals surface area contributed by atoms with Gasteiger partial charge in [0.05, 0.1) is 0 Å². The summed E-state index contributed by atoms with van der Waals surface area (Å²) >= 11 is -2.56. The molecule has 0 saturated heterocycles. The molecule has 0 amide bonds. The van der Waals surface area contributed by atoms with Crippen LogP contribution in [0.3, 0.4) is 0 Å². The van der Waals surface area contributed by atoms with E-state index in [1.54, 1.807) is 0 Å². The van der Waals surface area contributed by atoms with E-state index in [1.165, 1.54) is 0 Å². The van der Waals surface area contributed by atoms with Crippen molar-refractivity contribution in [1.82, 2.24) is 0 Å². The molecule has 0 rings (SSSR count). The maximum absolute atomic E-state index is 9.23. The minimum atomic E-state index is -2.56. The van der Waals surface area contributed by atoms with Crippen molar-refractivity contribution in [3.05, 3.63) is 0 Å². The second kappa shape index (κ2) is 6.58. The quantitative estimate of drug-likeness (QED) is 0.183. The predicted molar refractivity (Wildman–Crippen MR) is 19.9 cm³/mol. The van der Waals surface area contributed by atoms with Crippen molar-refractivity contribution in [1.29, 1.82) is 5.41 Å². The Balaban J connectivity index is -0.000000125. The molecule has 1 unspecified atom stereocenters. The van der Waals surface area contributed by atoms with Crippen LogP contribution in [0.4, 0.5) is 0 Å². The second-order valence-electron chi connectivity index (χ2n) is 0.418. The third-order valence-electron chi connectivity index (χ3n) is 0.127. The first kappa shape index (κ1) is 10.5. The van der Waals surface area contributed by atoms with Gasteiger partial charge < -0.3 is 10.2 Å². The second-order valence-corrected chi connectivity index (χ2v) is 1.02. The zero-order chi connectivity index (χ0) is 4.99. The number of nitrogens with one attached hydrogen (secondary N) is 1. The average molecular weight is 132 g/mol. The zero-order valence-electron chi connectivity index (χ0n) is 4.71. The van der Waals surface area contributed by atoms with Gasteiger partial charge in [-0.15, -0.1) is 0 Å². The fraction of sp³-hybridized carbons (Fsp3) is 0. The van der Waals surface area contributed by atoms with Crippen molar-refractivity contribution in [2.45, 2.75) is 0 Å². The van der Waals surface area contributed by atoms with E-state index < -0.39 is 11.4 Å². The van der Waals surface area contributed by atoms with Gasteiger partial charge >= 0.3 is 29.6 Å². The van der Waals surface area contributed by atoms with Crippen molar-refractivity contribution in [3.63, 3.8) is 0 Å². The van der Waals surface area contributed by atoms with Gasteiger partial charge in [0.2, 0.25) is 0 Å². The molecule has 4 nitrogen and oxygen atoms in total.